The van der Waals surface area contributed by atoms with Crippen LogP contribution in [0.25, 0.3) is 0 Å². The summed E-state index contributed by atoms with van der Waals surface area (Å²) in [6, 6.07) is -0.545. The van der Waals surface area contributed by atoms with E-state index in [0.717, 1.165) is 51.0 Å². The summed E-state index contributed by atoms with van der Waals surface area (Å²) in [7, 11) is 0. The Bertz CT molecular complexity index is 1090. The van der Waals surface area contributed by atoms with Crippen LogP contribution in [0.5, 0.6) is 0 Å². The molecular formula is C35H58N2O6. The van der Waals surface area contributed by atoms with Gasteiger partial charge in [-0.05, 0) is 114 Å². The van der Waals surface area contributed by atoms with Crippen LogP contribution in [0.1, 0.15) is 127 Å². The normalized spacial score (nSPS) is 40.3. The summed E-state index contributed by atoms with van der Waals surface area (Å²) >= 11 is 0. The van der Waals surface area contributed by atoms with Crippen molar-refractivity contribution >= 4 is 18.0 Å². The van der Waals surface area contributed by atoms with Crippen molar-refractivity contribution in [3.63, 3.8) is 0 Å². The lowest BCUT2D eigenvalue weighted by molar-refractivity contribution is -0.162. The Labute approximate surface area is 259 Å². The summed E-state index contributed by atoms with van der Waals surface area (Å²) in [5.74, 6) is 1.10. The topological polar surface area (TPSA) is 94.2 Å². The minimum Gasteiger partial charge on any atom is -0.461 e. The molecule has 0 spiro atoms. The molecule has 0 aromatic heterocycles. The van der Waals surface area contributed by atoms with Crippen LogP contribution in [0.4, 0.5) is 4.79 Å². The number of carbonyl (C=O) groups excluding carboxylic acids is 3. The number of ether oxygens (including phenoxy) is 3. The second-order valence-corrected chi connectivity index (χ2v) is 17.1. The number of esters is 2. The highest BCUT2D eigenvalue weighted by Gasteiger charge is 2.64. The van der Waals surface area contributed by atoms with Crippen molar-refractivity contribution in [3.05, 3.63) is 0 Å². The maximum atomic E-state index is 12.8. The molecule has 8 heteroatoms. The molecule has 0 radical (unpaired) electrons. The van der Waals surface area contributed by atoms with E-state index in [1.165, 1.54) is 19.3 Å². The van der Waals surface area contributed by atoms with Crippen molar-refractivity contribution in [2.45, 2.75) is 156 Å². The molecular weight excluding hydrogens is 544 g/mol. The number of carbonyl (C=O) groups is 3. The highest BCUT2D eigenvalue weighted by Crippen LogP contribution is 2.67. The first kappa shape index (κ1) is 32.6. The number of rotatable bonds is 4. The molecule has 2 saturated heterocycles. The second kappa shape index (κ2) is 11.2. The van der Waals surface area contributed by atoms with Gasteiger partial charge in [-0.1, -0.05) is 41.5 Å². The van der Waals surface area contributed by atoms with Gasteiger partial charge >= 0.3 is 18.0 Å². The number of likely N-dealkylation sites (tertiary alicyclic amines) is 1. The van der Waals surface area contributed by atoms with Gasteiger partial charge in [-0.2, -0.15) is 0 Å². The van der Waals surface area contributed by atoms with E-state index in [4.69, 9.17) is 14.2 Å². The number of fused-ring (bicyclic) bond motifs is 4. The van der Waals surface area contributed by atoms with Crippen LogP contribution in [0.15, 0.2) is 0 Å². The van der Waals surface area contributed by atoms with Gasteiger partial charge in [0.15, 0.2) is 0 Å². The summed E-state index contributed by atoms with van der Waals surface area (Å²) in [5, 5.41) is 3.23. The summed E-state index contributed by atoms with van der Waals surface area (Å²) < 4.78 is 17.3. The molecule has 1 amide bonds. The molecule has 244 valence electrons. The lowest BCUT2D eigenvalue weighted by Crippen LogP contribution is -2.46. The van der Waals surface area contributed by atoms with Gasteiger partial charge < -0.3 is 19.5 Å². The van der Waals surface area contributed by atoms with E-state index in [-0.39, 0.29) is 46.4 Å². The Morgan fingerprint density at radius 1 is 0.744 bits per heavy atom. The van der Waals surface area contributed by atoms with Crippen LogP contribution in [-0.2, 0) is 23.8 Å². The van der Waals surface area contributed by atoms with Gasteiger partial charge in [0.25, 0.3) is 0 Å². The van der Waals surface area contributed by atoms with Gasteiger partial charge in [0.05, 0.1) is 0 Å². The highest BCUT2D eigenvalue weighted by molar-refractivity contribution is 5.82. The third kappa shape index (κ3) is 5.61. The number of nitrogens with one attached hydrogen (secondary N) is 1. The molecule has 2 aliphatic heterocycles. The third-order valence-electron chi connectivity index (χ3n) is 13.4. The van der Waals surface area contributed by atoms with Crippen molar-refractivity contribution in [1.29, 1.82) is 0 Å². The van der Waals surface area contributed by atoms with E-state index in [1.807, 2.05) is 20.8 Å². The molecule has 6 fully saturated rings. The molecule has 8 atom stereocenters. The van der Waals surface area contributed by atoms with E-state index < -0.39 is 17.7 Å². The number of nitrogens with zero attached hydrogens (tertiary/aromatic N) is 1. The lowest BCUT2D eigenvalue weighted by atomic mass is 9.70. The zero-order valence-corrected chi connectivity index (χ0v) is 28.3. The molecule has 43 heavy (non-hydrogen) atoms. The molecule has 2 heterocycles. The Morgan fingerprint density at radius 3 is 1.70 bits per heavy atom. The van der Waals surface area contributed by atoms with E-state index in [9.17, 15) is 14.4 Å². The number of amides is 1. The number of hydrogen-bond donors (Lipinski definition) is 1. The zero-order valence-electron chi connectivity index (χ0n) is 28.3. The van der Waals surface area contributed by atoms with Crippen LogP contribution in [0.3, 0.4) is 0 Å². The van der Waals surface area contributed by atoms with Crippen LogP contribution in [-0.4, -0.2) is 65.9 Å². The first-order chi connectivity index (χ1) is 19.9. The predicted molar refractivity (Wildman–Crippen MR) is 165 cm³/mol. The van der Waals surface area contributed by atoms with E-state index in [2.05, 4.69) is 46.9 Å². The zero-order chi connectivity index (χ0) is 31.6. The average Bonchev–Trinajstić information content (AvgIpc) is 3.73. The van der Waals surface area contributed by atoms with Gasteiger partial charge in [-0.15, -0.1) is 0 Å². The van der Waals surface area contributed by atoms with Crippen molar-refractivity contribution in [1.82, 2.24) is 10.2 Å². The first-order valence-electron chi connectivity index (χ1n) is 17.0. The van der Waals surface area contributed by atoms with Crippen LogP contribution >= 0.6 is 0 Å². The van der Waals surface area contributed by atoms with E-state index in [0.29, 0.717) is 24.3 Å². The van der Waals surface area contributed by atoms with E-state index in [1.54, 1.807) is 4.90 Å². The quantitative estimate of drug-likeness (QED) is 0.285. The molecule has 6 aliphatic rings. The molecule has 4 saturated carbocycles. The average molecular weight is 603 g/mol. The SMILES string of the molecule is CC(C)(C)OC(=O)N1CCC[C@H]1C(=O)OC1CC2CCC1(C)C2(C)C.CC1(C)C2CCC1(C)C(OC(=O)[C@@H]1CCCN1)C2. The molecule has 0 aromatic rings. The van der Waals surface area contributed by atoms with Crippen molar-refractivity contribution in [2.75, 3.05) is 13.1 Å². The van der Waals surface area contributed by atoms with Crippen LogP contribution in [0.2, 0.25) is 0 Å². The second-order valence-electron chi connectivity index (χ2n) is 17.1. The van der Waals surface area contributed by atoms with Crippen molar-refractivity contribution < 1.29 is 28.6 Å². The molecule has 6 unspecified atom stereocenters. The molecule has 4 aliphatic carbocycles. The minimum absolute atomic E-state index is 0.0120. The van der Waals surface area contributed by atoms with Gasteiger partial charge in [-0.25, -0.2) is 9.59 Å². The minimum atomic E-state index is -0.559. The Morgan fingerprint density at radius 2 is 1.28 bits per heavy atom. The molecule has 0 aromatic carbocycles. The van der Waals surface area contributed by atoms with Crippen LogP contribution < -0.4 is 5.32 Å². The third-order valence-corrected chi connectivity index (χ3v) is 13.4. The maximum absolute atomic E-state index is 12.8. The van der Waals surface area contributed by atoms with E-state index >= 15 is 0 Å². The summed E-state index contributed by atoms with van der Waals surface area (Å²) in [6.45, 7) is 20.9. The van der Waals surface area contributed by atoms with Gasteiger partial charge in [0.2, 0.25) is 0 Å². The highest BCUT2D eigenvalue weighted by atomic mass is 16.6. The standard InChI is InChI=1S/C20H33NO4.C15H25NO2/c1-18(2,3)25-17(23)21-11-7-8-14(21)16(22)24-15-12-13-9-10-20(15,6)19(13,4)5;1-14(2)10-6-7-15(14,3)12(9-10)18-13(17)11-5-4-8-16-11/h13-15H,7-12H2,1-6H3;10-12,16H,4-9H2,1-3H3/t13?,14-,15?,20?;10?,11-,12?,15?/m00/s1. The van der Waals surface area contributed by atoms with Gasteiger partial charge in [0.1, 0.15) is 29.9 Å². The fraction of sp³-hybridized carbons (Fsp3) is 0.914. The molecule has 8 nitrogen and oxygen atoms in total. The molecule has 6 rings (SSSR count). The fourth-order valence-corrected chi connectivity index (χ4v) is 9.49. The smallest absolute Gasteiger partial charge is 0.411 e. The monoisotopic (exact) mass is 602 g/mol. The predicted octanol–water partition coefficient (Wildman–Crippen LogP) is 6.64. The van der Waals surface area contributed by atoms with Gasteiger partial charge in [0, 0.05) is 17.4 Å². The summed E-state index contributed by atoms with van der Waals surface area (Å²) in [6.07, 6.45) is 10.1. The lowest BCUT2D eigenvalue weighted by Gasteiger charge is -2.39. The molecule has 4 bridgehead atoms. The largest absolute Gasteiger partial charge is 0.461 e. The van der Waals surface area contributed by atoms with Crippen molar-refractivity contribution in [2.24, 2.45) is 33.5 Å². The summed E-state index contributed by atoms with van der Waals surface area (Å²) in [4.78, 5) is 38.9. The fourth-order valence-electron chi connectivity index (χ4n) is 9.49. The Kier molecular flexibility index (Phi) is 8.48. The number of hydrogen-bond acceptors (Lipinski definition) is 7. The van der Waals surface area contributed by atoms with Gasteiger partial charge in [-0.3, -0.25) is 9.69 Å². The van der Waals surface area contributed by atoms with Crippen LogP contribution in [0, 0.1) is 33.5 Å². The first-order valence-corrected chi connectivity index (χ1v) is 17.0. The summed E-state index contributed by atoms with van der Waals surface area (Å²) in [5.41, 5.74) is 0.199. The Hall–Kier alpha value is -1.83. The Balaban J connectivity index is 0.000000180. The molecule has 1 N–H and O–H groups in total. The maximum Gasteiger partial charge on any atom is 0.411 e. The van der Waals surface area contributed by atoms with Crippen molar-refractivity contribution in [3.8, 4) is 0 Å².